The molecule has 0 spiro atoms. The highest BCUT2D eigenvalue weighted by atomic mass is 35.5. The van der Waals surface area contributed by atoms with E-state index in [4.69, 9.17) is 34.8 Å². The molecule has 14 heteroatoms. The number of pyridine rings is 1. The molecule has 8 nitrogen and oxygen atoms in total. The first kappa shape index (κ1) is 25.2. The monoisotopic (exact) mass is 546 g/mol. The predicted molar refractivity (Wildman–Crippen MR) is 123 cm³/mol. The van der Waals surface area contributed by atoms with Crippen molar-refractivity contribution in [1.29, 1.82) is 0 Å². The molecule has 1 fully saturated rings. The van der Waals surface area contributed by atoms with Gasteiger partial charge in [0.1, 0.15) is 4.87 Å². The Morgan fingerprint density at radius 2 is 1.86 bits per heavy atom. The lowest BCUT2D eigenvalue weighted by molar-refractivity contribution is -0.137. The molecule has 1 aliphatic rings. The minimum Gasteiger partial charge on any atom is -0.342 e. The summed E-state index contributed by atoms with van der Waals surface area (Å²) in [6.07, 6.45) is -2.29. The third kappa shape index (κ3) is 5.68. The minimum absolute atomic E-state index is 0.0862. The second kappa shape index (κ2) is 9.29. The Kier molecular flexibility index (Phi) is 6.69. The molecule has 2 heterocycles. The molecule has 2 N–H and O–H groups in total. The molecule has 1 saturated carbocycles. The van der Waals surface area contributed by atoms with E-state index in [0.29, 0.717) is 23.9 Å². The predicted octanol–water partition coefficient (Wildman–Crippen LogP) is 5.19. The molecule has 35 heavy (non-hydrogen) atoms. The van der Waals surface area contributed by atoms with Crippen LogP contribution in [0.4, 0.5) is 19.1 Å². The Balaban J connectivity index is 1.63. The Morgan fingerprint density at radius 1 is 1.14 bits per heavy atom. The largest absolute Gasteiger partial charge is 0.416 e. The SMILES string of the molecule is CC(NC(=O)c1cc(Cl)cc(C(F)(F)F)c1)c1nc(NC(=O)C2(Cl)CC2)nn1-c1ccc(Cl)cn1. The van der Waals surface area contributed by atoms with E-state index in [9.17, 15) is 22.8 Å². The van der Waals surface area contributed by atoms with E-state index in [2.05, 4.69) is 25.7 Å². The zero-order valence-corrected chi connectivity index (χ0v) is 20.1. The van der Waals surface area contributed by atoms with Crippen LogP contribution in [0.1, 0.15) is 47.6 Å². The van der Waals surface area contributed by atoms with Crippen molar-refractivity contribution < 1.29 is 22.8 Å². The number of carbonyl (C=O) groups excluding carboxylic acids is 2. The number of hydrogen-bond acceptors (Lipinski definition) is 5. The molecule has 3 aromatic rings. The molecular weight excluding hydrogens is 532 g/mol. The average Bonchev–Trinajstić information content (AvgIpc) is 3.40. The topological polar surface area (TPSA) is 102 Å². The third-order valence-electron chi connectivity index (χ3n) is 5.10. The minimum atomic E-state index is -4.68. The number of nitrogens with zero attached hydrogens (tertiary/aromatic N) is 4. The molecule has 0 saturated heterocycles. The zero-order chi connectivity index (χ0) is 25.5. The highest BCUT2D eigenvalue weighted by molar-refractivity contribution is 6.38. The summed E-state index contributed by atoms with van der Waals surface area (Å²) in [5, 5.41) is 9.47. The molecule has 1 atom stereocenters. The number of aromatic nitrogens is 4. The van der Waals surface area contributed by atoms with Crippen molar-refractivity contribution in [3.8, 4) is 5.82 Å². The highest BCUT2D eigenvalue weighted by Crippen LogP contribution is 2.43. The van der Waals surface area contributed by atoms with Crippen molar-refractivity contribution in [2.24, 2.45) is 0 Å². The standard InChI is InChI=1S/C21H16Cl3F3N6O2/c1-10(29-17(34)11-6-12(21(25,26)27)8-14(23)7-11)16-30-19(31-18(35)20(24)4-5-20)32-33(16)15-3-2-13(22)9-28-15/h2-3,6-10H,4-5H2,1H3,(H,29,34)(H,31,32,35). The van der Waals surface area contributed by atoms with Gasteiger partial charge < -0.3 is 5.32 Å². The number of nitrogens with one attached hydrogen (secondary N) is 2. The molecule has 2 amide bonds. The first-order valence-corrected chi connectivity index (χ1v) is 11.3. The fourth-order valence-corrected chi connectivity index (χ4v) is 3.59. The quantitative estimate of drug-likeness (QED) is 0.414. The molecule has 2 aromatic heterocycles. The van der Waals surface area contributed by atoms with Crippen molar-refractivity contribution in [2.75, 3.05) is 5.32 Å². The van der Waals surface area contributed by atoms with Crippen LogP contribution in [0.5, 0.6) is 0 Å². The summed E-state index contributed by atoms with van der Waals surface area (Å²) in [4.78, 5) is 32.5. The molecule has 1 aliphatic carbocycles. The summed E-state index contributed by atoms with van der Waals surface area (Å²) in [5.74, 6) is -0.972. The van der Waals surface area contributed by atoms with E-state index in [1.165, 1.54) is 16.9 Å². The van der Waals surface area contributed by atoms with Crippen LogP contribution < -0.4 is 10.6 Å². The summed E-state index contributed by atoms with van der Waals surface area (Å²) < 4.78 is 40.7. The van der Waals surface area contributed by atoms with Gasteiger partial charge in [0.2, 0.25) is 11.9 Å². The van der Waals surface area contributed by atoms with Crippen molar-refractivity contribution in [1.82, 2.24) is 25.1 Å². The Labute approximate surface area is 211 Å². The number of amides is 2. The van der Waals surface area contributed by atoms with Crippen LogP contribution in [0.3, 0.4) is 0 Å². The maximum atomic E-state index is 13.1. The van der Waals surface area contributed by atoms with Gasteiger partial charge in [0, 0.05) is 16.8 Å². The third-order valence-corrected chi connectivity index (χ3v) is 6.10. The van der Waals surface area contributed by atoms with E-state index in [0.717, 1.165) is 12.1 Å². The van der Waals surface area contributed by atoms with Crippen molar-refractivity contribution in [3.63, 3.8) is 0 Å². The summed E-state index contributed by atoms with van der Waals surface area (Å²) in [5.41, 5.74) is -1.35. The van der Waals surface area contributed by atoms with E-state index in [1.807, 2.05) is 0 Å². The van der Waals surface area contributed by atoms with Gasteiger partial charge in [0.05, 0.1) is 16.6 Å². The van der Waals surface area contributed by atoms with E-state index in [1.54, 1.807) is 13.0 Å². The molecule has 0 aliphatic heterocycles. The smallest absolute Gasteiger partial charge is 0.342 e. The second-order valence-corrected chi connectivity index (χ2v) is 9.48. The lowest BCUT2D eigenvalue weighted by atomic mass is 10.1. The van der Waals surface area contributed by atoms with E-state index < -0.39 is 34.5 Å². The number of hydrogen-bond donors (Lipinski definition) is 2. The molecular formula is C21H16Cl3F3N6O2. The maximum Gasteiger partial charge on any atom is 0.416 e. The Bertz CT molecular complexity index is 1290. The molecule has 1 aromatic carbocycles. The first-order chi connectivity index (χ1) is 16.4. The fraction of sp³-hybridized carbons (Fsp3) is 0.286. The van der Waals surface area contributed by atoms with Gasteiger partial charge in [-0.05, 0) is 50.1 Å². The van der Waals surface area contributed by atoms with Crippen molar-refractivity contribution >= 4 is 52.6 Å². The molecule has 1 unspecified atom stereocenters. The molecule has 0 radical (unpaired) electrons. The first-order valence-electron chi connectivity index (χ1n) is 10.1. The molecule has 184 valence electrons. The van der Waals surface area contributed by atoms with Gasteiger partial charge in [0.15, 0.2) is 11.6 Å². The number of carbonyl (C=O) groups is 2. The van der Waals surface area contributed by atoms with Crippen molar-refractivity contribution in [3.05, 3.63) is 63.5 Å². The lowest BCUT2D eigenvalue weighted by Crippen LogP contribution is -2.29. The number of benzene rings is 1. The zero-order valence-electron chi connectivity index (χ0n) is 17.8. The van der Waals surface area contributed by atoms with Crippen LogP contribution in [0.25, 0.3) is 5.82 Å². The Morgan fingerprint density at radius 3 is 2.46 bits per heavy atom. The number of anilines is 1. The van der Waals surface area contributed by atoms with Gasteiger partial charge in [-0.25, -0.2) is 4.98 Å². The van der Waals surface area contributed by atoms with Gasteiger partial charge in [-0.1, -0.05) is 23.2 Å². The lowest BCUT2D eigenvalue weighted by Gasteiger charge is -2.15. The van der Waals surface area contributed by atoms with Gasteiger partial charge in [0.25, 0.3) is 5.91 Å². The Hall–Kier alpha value is -2.89. The number of rotatable bonds is 6. The van der Waals surface area contributed by atoms with Gasteiger partial charge in [-0.15, -0.1) is 16.7 Å². The number of alkyl halides is 4. The van der Waals surface area contributed by atoms with Gasteiger partial charge in [-0.2, -0.15) is 22.8 Å². The van der Waals surface area contributed by atoms with E-state index in [-0.39, 0.29) is 28.2 Å². The van der Waals surface area contributed by atoms with Crippen LogP contribution >= 0.6 is 34.8 Å². The number of halogens is 6. The van der Waals surface area contributed by atoms with Gasteiger partial charge in [-0.3, -0.25) is 14.9 Å². The van der Waals surface area contributed by atoms with Crippen LogP contribution in [0, 0.1) is 0 Å². The van der Waals surface area contributed by atoms with Crippen LogP contribution in [0.2, 0.25) is 10.0 Å². The summed E-state index contributed by atoms with van der Waals surface area (Å²) >= 11 is 17.8. The molecule has 4 rings (SSSR count). The maximum absolute atomic E-state index is 13.1. The van der Waals surface area contributed by atoms with Crippen LogP contribution in [0.15, 0.2) is 36.5 Å². The van der Waals surface area contributed by atoms with Crippen molar-refractivity contribution in [2.45, 2.75) is 36.9 Å². The highest BCUT2D eigenvalue weighted by Gasteiger charge is 2.48. The average molecular weight is 548 g/mol. The van der Waals surface area contributed by atoms with Crippen LogP contribution in [-0.2, 0) is 11.0 Å². The summed E-state index contributed by atoms with van der Waals surface area (Å²) in [7, 11) is 0. The van der Waals surface area contributed by atoms with Gasteiger partial charge >= 0.3 is 6.18 Å². The summed E-state index contributed by atoms with van der Waals surface area (Å²) in [6, 6.07) is 4.75. The molecule has 0 bridgehead atoms. The van der Waals surface area contributed by atoms with E-state index >= 15 is 0 Å². The summed E-state index contributed by atoms with van der Waals surface area (Å²) in [6.45, 7) is 1.54. The normalized spacial score (nSPS) is 15.4. The second-order valence-electron chi connectivity index (χ2n) is 7.88. The van der Waals surface area contributed by atoms with Crippen LogP contribution in [-0.4, -0.2) is 36.4 Å². The fourth-order valence-electron chi connectivity index (χ4n) is 3.10.